The van der Waals surface area contributed by atoms with Crippen molar-refractivity contribution in [3.63, 3.8) is 0 Å². The quantitative estimate of drug-likeness (QED) is 0.359. The van der Waals surface area contributed by atoms with Crippen LogP contribution < -0.4 is 0 Å². The van der Waals surface area contributed by atoms with Crippen LogP contribution in [0.4, 0.5) is 0 Å². The Morgan fingerprint density at radius 3 is 2.33 bits per heavy atom. The zero-order valence-corrected chi connectivity index (χ0v) is 17.2. The molecule has 6 heteroatoms. The molecular formula is C24H21NO4S. The number of aryl methyl sites for hydroxylation is 1. The van der Waals surface area contributed by atoms with Crippen LogP contribution in [0.25, 0.3) is 5.76 Å². The maximum Gasteiger partial charge on any atom is 0.295 e. The van der Waals surface area contributed by atoms with Crippen molar-refractivity contribution in [3.8, 4) is 5.75 Å². The number of nitrogens with zero attached hydrogens (tertiary/aromatic N) is 1. The van der Waals surface area contributed by atoms with E-state index in [0.717, 1.165) is 16.9 Å². The third-order valence-corrected chi connectivity index (χ3v) is 6.15. The number of ketones is 1. The number of hydrogen-bond donors (Lipinski definition) is 2. The maximum atomic E-state index is 13.0. The van der Waals surface area contributed by atoms with Crippen molar-refractivity contribution in [3.05, 3.63) is 93.2 Å². The lowest BCUT2D eigenvalue weighted by Gasteiger charge is -2.25. The van der Waals surface area contributed by atoms with Gasteiger partial charge in [0, 0.05) is 10.4 Å². The fraction of sp³-hybridized carbons (Fsp3) is 0.167. The summed E-state index contributed by atoms with van der Waals surface area (Å²) in [6, 6.07) is 16.7. The molecule has 2 N–H and O–H groups in total. The summed E-state index contributed by atoms with van der Waals surface area (Å²) in [5, 5.41) is 22.6. The Hall–Kier alpha value is -3.38. The Kier molecular flexibility index (Phi) is 5.42. The highest BCUT2D eigenvalue weighted by Gasteiger charge is 2.46. The van der Waals surface area contributed by atoms with Gasteiger partial charge in [-0.25, -0.2) is 0 Å². The molecule has 0 saturated carbocycles. The summed E-state index contributed by atoms with van der Waals surface area (Å²) in [7, 11) is 0. The Labute approximate surface area is 178 Å². The zero-order chi connectivity index (χ0) is 21.3. The number of aromatic hydroxyl groups is 1. The first-order valence-corrected chi connectivity index (χ1v) is 10.6. The molecule has 0 aliphatic carbocycles. The lowest BCUT2D eigenvalue weighted by molar-refractivity contribution is -0.140. The molecule has 1 aliphatic rings. The number of aliphatic hydroxyl groups excluding tert-OH is 1. The minimum atomic E-state index is -0.737. The van der Waals surface area contributed by atoms with Gasteiger partial charge in [0.15, 0.2) is 0 Å². The predicted molar refractivity (Wildman–Crippen MR) is 116 cm³/mol. The van der Waals surface area contributed by atoms with Crippen LogP contribution >= 0.6 is 11.3 Å². The molecule has 2 heterocycles. The van der Waals surface area contributed by atoms with Gasteiger partial charge in [0.05, 0.1) is 18.2 Å². The van der Waals surface area contributed by atoms with Crippen LogP contribution in [0.2, 0.25) is 0 Å². The van der Waals surface area contributed by atoms with Gasteiger partial charge in [-0.15, -0.1) is 11.3 Å². The van der Waals surface area contributed by atoms with E-state index in [1.54, 1.807) is 24.3 Å². The summed E-state index contributed by atoms with van der Waals surface area (Å²) in [5.74, 6) is -1.46. The van der Waals surface area contributed by atoms with E-state index >= 15 is 0 Å². The molecule has 0 spiro atoms. The third kappa shape index (κ3) is 3.62. The number of thiophene rings is 1. The van der Waals surface area contributed by atoms with E-state index < -0.39 is 17.7 Å². The molecule has 1 atom stereocenters. The molecule has 1 aromatic heterocycles. The van der Waals surface area contributed by atoms with Crippen LogP contribution in [-0.4, -0.2) is 26.8 Å². The molecule has 5 nitrogen and oxygen atoms in total. The number of phenols is 1. The number of likely N-dealkylation sites (tertiary alicyclic amines) is 1. The Balaban J connectivity index is 1.84. The van der Waals surface area contributed by atoms with Crippen molar-refractivity contribution in [2.24, 2.45) is 0 Å². The number of rotatable bonds is 5. The molecule has 152 valence electrons. The lowest BCUT2D eigenvalue weighted by atomic mass is 9.95. The van der Waals surface area contributed by atoms with E-state index in [4.69, 9.17) is 0 Å². The third-order valence-electron chi connectivity index (χ3n) is 5.29. The number of aliphatic hydroxyl groups is 1. The van der Waals surface area contributed by atoms with Crippen molar-refractivity contribution < 1.29 is 19.8 Å². The summed E-state index contributed by atoms with van der Waals surface area (Å²) < 4.78 is 0. The molecule has 0 radical (unpaired) electrons. The normalized spacial score (nSPS) is 18.2. The smallest absolute Gasteiger partial charge is 0.295 e. The standard InChI is InChI=1S/C24H21NO4S/c1-2-15-5-7-17(8-6-15)22(27)20-21(16-9-11-18(26)12-10-16)25(24(29)23(20)28)14-19-4-3-13-30-19/h3-13,21,26-27H,2,14H2,1H3/b22-20-. The number of carbonyl (C=O) groups excluding carboxylic acids is 2. The fourth-order valence-electron chi connectivity index (χ4n) is 3.67. The predicted octanol–water partition coefficient (Wildman–Crippen LogP) is 4.64. The van der Waals surface area contributed by atoms with Gasteiger partial charge in [-0.3, -0.25) is 9.59 Å². The minimum Gasteiger partial charge on any atom is -0.508 e. The van der Waals surface area contributed by atoms with Crippen molar-refractivity contribution in [1.82, 2.24) is 4.90 Å². The lowest BCUT2D eigenvalue weighted by Crippen LogP contribution is -2.28. The largest absolute Gasteiger partial charge is 0.508 e. The second-order valence-electron chi connectivity index (χ2n) is 7.15. The van der Waals surface area contributed by atoms with E-state index in [2.05, 4.69) is 0 Å². The zero-order valence-electron chi connectivity index (χ0n) is 16.4. The summed E-state index contributed by atoms with van der Waals surface area (Å²) in [6.45, 7) is 2.30. The highest BCUT2D eigenvalue weighted by atomic mass is 32.1. The molecule has 4 rings (SSSR count). The Bertz CT molecular complexity index is 1100. The molecular weight excluding hydrogens is 398 g/mol. The van der Waals surface area contributed by atoms with Crippen LogP contribution in [0.5, 0.6) is 5.75 Å². The van der Waals surface area contributed by atoms with Gasteiger partial charge in [-0.1, -0.05) is 49.4 Å². The van der Waals surface area contributed by atoms with Gasteiger partial charge >= 0.3 is 0 Å². The van der Waals surface area contributed by atoms with Gasteiger partial charge < -0.3 is 15.1 Å². The number of benzene rings is 2. The average molecular weight is 420 g/mol. The van der Waals surface area contributed by atoms with Crippen LogP contribution in [0.3, 0.4) is 0 Å². The highest BCUT2D eigenvalue weighted by Crippen LogP contribution is 2.40. The van der Waals surface area contributed by atoms with Gasteiger partial charge in [-0.05, 0) is 41.1 Å². The maximum absolute atomic E-state index is 13.0. The monoisotopic (exact) mass is 419 g/mol. The molecule has 1 fully saturated rings. The molecule has 0 bridgehead atoms. The topological polar surface area (TPSA) is 77.8 Å². The van der Waals surface area contributed by atoms with Crippen molar-refractivity contribution in [2.45, 2.75) is 25.9 Å². The minimum absolute atomic E-state index is 0.0616. The second kappa shape index (κ2) is 8.16. The number of Topliss-reactive ketones (excluding diaryl/α,β-unsaturated/α-hetero) is 1. The molecule has 1 aliphatic heterocycles. The number of carbonyl (C=O) groups is 2. The molecule has 1 amide bonds. The first-order valence-electron chi connectivity index (χ1n) is 9.68. The number of amides is 1. The van der Waals surface area contributed by atoms with E-state index in [0.29, 0.717) is 11.1 Å². The van der Waals surface area contributed by atoms with E-state index in [1.807, 2.05) is 36.6 Å². The fourth-order valence-corrected chi connectivity index (χ4v) is 4.37. The number of hydrogen-bond acceptors (Lipinski definition) is 5. The van der Waals surface area contributed by atoms with Gasteiger partial charge in [0.2, 0.25) is 0 Å². The summed E-state index contributed by atoms with van der Waals surface area (Å²) in [5.41, 5.74) is 2.31. The molecule has 1 unspecified atom stereocenters. The van der Waals surface area contributed by atoms with Crippen LogP contribution in [0, 0.1) is 0 Å². The first kappa shape index (κ1) is 19.9. The molecule has 3 aromatic rings. The molecule has 2 aromatic carbocycles. The van der Waals surface area contributed by atoms with Crippen LogP contribution in [-0.2, 0) is 22.6 Å². The number of phenolic OH excluding ortho intramolecular Hbond substituents is 1. The Morgan fingerprint density at radius 2 is 1.73 bits per heavy atom. The second-order valence-corrected chi connectivity index (χ2v) is 8.18. The average Bonchev–Trinajstić information content (AvgIpc) is 3.36. The van der Waals surface area contributed by atoms with Crippen LogP contribution in [0.1, 0.15) is 34.5 Å². The summed E-state index contributed by atoms with van der Waals surface area (Å²) >= 11 is 1.50. The van der Waals surface area contributed by atoms with E-state index in [1.165, 1.54) is 28.4 Å². The van der Waals surface area contributed by atoms with E-state index in [9.17, 15) is 19.8 Å². The van der Waals surface area contributed by atoms with Crippen molar-refractivity contribution in [2.75, 3.05) is 0 Å². The highest BCUT2D eigenvalue weighted by molar-refractivity contribution is 7.09. The van der Waals surface area contributed by atoms with Crippen molar-refractivity contribution >= 4 is 28.8 Å². The van der Waals surface area contributed by atoms with Gasteiger partial charge in [0.25, 0.3) is 11.7 Å². The Morgan fingerprint density at radius 1 is 1.03 bits per heavy atom. The molecule has 30 heavy (non-hydrogen) atoms. The summed E-state index contributed by atoms with van der Waals surface area (Å²) in [6.07, 6.45) is 0.861. The summed E-state index contributed by atoms with van der Waals surface area (Å²) in [4.78, 5) is 28.3. The van der Waals surface area contributed by atoms with Gasteiger partial charge in [0.1, 0.15) is 11.5 Å². The first-order chi connectivity index (χ1) is 14.5. The van der Waals surface area contributed by atoms with E-state index in [-0.39, 0.29) is 23.6 Å². The van der Waals surface area contributed by atoms with Crippen molar-refractivity contribution in [1.29, 1.82) is 0 Å². The SMILES string of the molecule is CCc1ccc(/C(O)=C2/C(=O)C(=O)N(Cc3cccs3)C2c2ccc(O)cc2)cc1. The molecule has 1 saturated heterocycles. The van der Waals surface area contributed by atoms with Gasteiger partial charge in [-0.2, -0.15) is 0 Å². The van der Waals surface area contributed by atoms with Crippen LogP contribution in [0.15, 0.2) is 71.6 Å².